The molecule has 194 valence electrons. The zero-order chi connectivity index (χ0) is 26.2. The van der Waals surface area contributed by atoms with Gasteiger partial charge in [0.1, 0.15) is 18.0 Å². The molecule has 2 heterocycles. The summed E-state index contributed by atoms with van der Waals surface area (Å²) in [5.41, 5.74) is 6.73. The predicted molar refractivity (Wildman–Crippen MR) is 139 cm³/mol. The molecule has 12 heteroatoms. The highest BCUT2D eigenvalue weighted by Gasteiger charge is 2.24. The van der Waals surface area contributed by atoms with Crippen LogP contribution in [0.15, 0.2) is 48.9 Å². The lowest BCUT2D eigenvalue weighted by Crippen LogP contribution is -2.21. The Morgan fingerprint density at radius 1 is 1.19 bits per heavy atom. The molecule has 37 heavy (non-hydrogen) atoms. The maximum atomic E-state index is 13.7. The van der Waals surface area contributed by atoms with Crippen LogP contribution < -0.4 is 25.8 Å². The van der Waals surface area contributed by atoms with Gasteiger partial charge in [-0.05, 0) is 36.7 Å². The van der Waals surface area contributed by atoms with E-state index < -0.39 is 17.6 Å². The van der Waals surface area contributed by atoms with Crippen LogP contribution in [-0.2, 0) is 4.79 Å². The molecule has 1 amide bonds. The number of nitrogens with two attached hydrogens (primary N) is 1. The van der Waals surface area contributed by atoms with Gasteiger partial charge in [0.2, 0.25) is 5.91 Å². The van der Waals surface area contributed by atoms with Crippen molar-refractivity contribution in [2.75, 3.05) is 38.7 Å². The molecule has 1 unspecified atom stereocenters. The van der Waals surface area contributed by atoms with Crippen LogP contribution in [0.2, 0.25) is 0 Å². The second-order valence-corrected chi connectivity index (χ2v) is 9.06. The minimum atomic E-state index is -0.829. The number of aliphatic hydroxyl groups is 1. The molecule has 2 aromatic heterocycles. The maximum Gasteiger partial charge on any atom is 0.230 e. The van der Waals surface area contributed by atoms with E-state index in [1.54, 1.807) is 31.5 Å². The Hall–Kier alpha value is -3.87. The Morgan fingerprint density at radius 2 is 2.05 bits per heavy atom. The summed E-state index contributed by atoms with van der Waals surface area (Å²) in [6, 6.07) is 9.35. The Kier molecular flexibility index (Phi) is 8.77. The number of ether oxygens (including phenoxy) is 2. The second-order valence-electron chi connectivity index (χ2n) is 8.00. The van der Waals surface area contributed by atoms with Gasteiger partial charge in [0.05, 0.1) is 31.8 Å². The van der Waals surface area contributed by atoms with Crippen molar-refractivity contribution in [3.05, 3.63) is 65.2 Å². The maximum absolute atomic E-state index is 13.7. The second kappa shape index (κ2) is 12.4. The third-order valence-corrected chi connectivity index (χ3v) is 6.44. The quantitative estimate of drug-likeness (QED) is 0.193. The van der Waals surface area contributed by atoms with Crippen molar-refractivity contribution in [2.45, 2.75) is 12.3 Å². The summed E-state index contributed by atoms with van der Waals surface area (Å²) >= 11 is 1.22. The van der Waals surface area contributed by atoms with Gasteiger partial charge in [-0.25, -0.2) is 19.3 Å². The number of primary amides is 1. The first-order chi connectivity index (χ1) is 18.0. The topological polar surface area (TPSA) is 145 Å². The number of fused-ring (bicyclic) bond motifs is 1. The van der Waals surface area contributed by atoms with Gasteiger partial charge in [0.15, 0.2) is 16.6 Å². The zero-order valence-corrected chi connectivity index (χ0v) is 20.9. The van der Waals surface area contributed by atoms with Crippen LogP contribution >= 0.6 is 11.3 Å². The van der Waals surface area contributed by atoms with Gasteiger partial charge in [0, 0.05) is 29.1 Å². The van der Waals surface area contributed by atoms with E-state index in [4.69, 9.17) is 20.3 Å². The van der Waals surface area contributed by atoms with E-state index >= 15 is 0 Å². The van der Waals surface area contributed by atoms with E-state index in [9.17, 15) is 9.18 Å². The van der Waals surface area contributed by atoms with Gasteiger partial charge >= 0.3 is 0 Å². The number of hydrogen-bond acceptors (Lipinski definition) is 10. The Labute approximate surface area is 216 Å². The lowest BCUT2D eigenvalue weighted by molar-refractivity contribution is -0.118. The molecule has 0 spiro atoms. The van der Waals surface area contributed by atoms with Gasteiger partial charge in [-0.3, -0.25) is 4.79 Å². The number of carbonyl (C=O) groups excluding carboxylic acids is 1. The van der Waals surface area contributed by atoms with Crippen molar-refractivity contribution in [2.24, 2.45) is 5.73 Å². The minimum Gasteiger partial charge on any atom is -0.493 e. The van der Waals surface area contributed by atoms with Crippen molar-refractivity contribution in [1.29, 1.82) is 0 Å². The number of hydrogen-bond donors (Lipinski definition) is 4. The molecule has 4 aromatic rings. The van der Waals surface area contributed by atoms with Gasteiger partial charge in [-0.2, -0.15) is 0 Å². The average molecular weight is 527 g/mol. The van der Waals surface area contributed by atoms with Crippen molar-refractivity contribution in [3.63, 3.8) is 0 Å². The largest absolute Gasteiger partial charge is 0.493 e. The summed E-state index contributed by atoms with van der Waals surface area (Å²) in [5.74, 6) is -0.314. The number of anilines is 2. The molecule has 0 aliphatic carbocycles. The number of halogens is 1. The van der Waals surface area contributed by atoms with E-state index in [1.807, 2.05) is 0 Å². The highest BCUT2D eigenvalue weighted by Crippen LogP contribution is 2.36. The van der Waals surface area contributed by atoms with Crippen molar-refractivity contribution >= 4 is 39.1 Å². The fraction of sp³-hybridized carbons (Fsp3) is 0.280. The first-order valence-corrected chi connectivity index (χ1v) is 12.4. The van der Waals surface area contributed by atoms with Crippen molar-refractivity contribution in [3.8, 4) is 11.5 Å². The molecule has 0 saturated heterocycles. The monoisotopic (exact) mass is 526 g/mol. The number of thiazole rings is 1. The summed E-state index contributed by atoms with van der Waals surface area (Å²) in [4.78, 5) is 25.8. The van der Waals surface area contributed by atoms with Crippen LogP contribution in [0.1, 0.15) is 22.8 Å². The SMILES string of the molecule is COc1cc2c(Nc3ncc(C(C(N)=O)c4cccc(F)c4)s3)ncnc2cc1OCCCNCCO. The molecule has 1 atom stereocenters. The number of amides is 1. The van der Waals surface area contributed by atoms with Gasteiger partial charge in [0.25, 0.3) is 0 Å². The van der Waals surface area contributed by atoms with Crippen LogP contribution in [0.4, 0.5) is 15.3 Å². The number of nitrogens with one attached hydrogen (secondary N) is 2. The predicted octanol–water partition coefficient (Wildman–Crippen LogP) is 2.95. The Morgan fingerprint density at radius 3 is 2.81 bits per heavy atom. The highest BCUT2D eigenvalue weighted by atomic mass is 32.1. The number of aliphatic hydroxyl groups excluding tert-OH is 1. The standard InChI is InChI=1S/C25H27FN6O4S/c1-35-19-11-17-18(12-20(19)36-9-3-6-28-7-8-33)30-14-31-24(17)32-25-29-13-21(37-25)22(23(27)34)15-4-2-5-16(26)10-15/h2,4-5,10-14,22,28,33H,3,6-9H2,1H3,(H2,27,34)(H,29,30,31,32). The number of benzene rings is 2. The molecular formula is C25H27FN6O4S. The Balaban J connectivity index is 1.54. The number of aromatic nitrogens is 3. The summed E-state index contributed by atoms with van der Waals surface area (Å²) < 4.78 is 25.2. The average Bonchev–Trinajstić information content (AvgIpc) is 3.33. The van der Waals surface area contributed by atoms with Crippen LogP contribution in [0, 0.1) is 5.82 Å². The summed E-state index contributed by atoms with van der Waals surface area (Å²) in [7, 11) is 1.55. The number of carbonyl (C=O) groups is 1. The van der Waals surface area contributed by atoms with Gasteiger partial charge < -0.3 is 30.9 Å². The fourth-order valence-electron chi connectivity index (χ4n) is 3.75. The number of rotatable bonds is 13. The van der Waals surface area contributed by atoms with E-state index in [0.29, 0.717) is 56.9 Å². The molecule has 0 fully saturated rings. The molecule has 5 N–H and O–H groups in total. The zero-order valence-electron chi connectivity index (χ0n) is 20.1. The van der Waals surface area contributed by atoms with Crippen molar-refractivity contribution in [1.82, 2.24) is 20.3 Å². The third kappa shape index (κ3) is 6.47. The van der Waals surface area contributed by atoms with Crippen LogP contribution in [0.3, 0.4) is 0 Å². The van der Waals surface area contributed by atoms with Crippen LogP contribution in [0.25, 0.3) is 10.9 Å². The Bertz CT molecular complexity index is 1370. The summed E-state index contributed by atoms with van der Waals surface area (Å²) in [6.07, 6.45) is 3.72. The first kappa shape index (κ1) is 26.2. The highest BCUT2D eigenvalue weighted by molar-refractivity contribution is 7.15. The van der Waals surface area contributed by atoms with E-state index in [0.717, 1.165) is 13.0 Å². The fourth-order valence-corrected chi connectivity index (χ4v) is 4.71. The molecule has 0 saturated carbocycles. The molecule has 2 aromatic carbocycles. The third-order valence-electron chi connectivity index (χ3n) is 5.46. The molecule has 10 nitrogen and oxygen atoms in total. The van der Waals surface area contributed by atoms with Crippen molar-refractivity contribution < 1.29 is 23.8 Å². The number of methoxy groups -OCH3 is 1. The summed E-state index contributed by atoms with van der Waals surface area (Å²) in [6.45, 7) is 1.82. The first-order valence-electron chi connectivity index (χ1n) is 11.5. The molecular weight excluding hydrogens is 499 g/mol. The molecule has 0 aliphatic heterocycles. The van der Waals surface area contributed by atoms with E-state index in [1.165, 1.54) is 35.9 Å². The van der Waals surface area contributed by atoms with Crippen LogP contribution in [-0.4, -0.2) is 59.4 Å². The van der Waals surface area contributed by atoms with E-state index in [2.05, 4.69) is 25.6 Å². The van der Waals surface area contributed by atoms with Crippen LogP contribution in [0.5, 0.6) is 11.5 Å². The normalized spacial score (nSPS) is 11.9. The smallest absolute Gasteiger partial charge is 0.230 e. The molecule has 4 rings (SSSR count). The lowest BCUT2D eigenvalue weighted by atomic mass is 9.97. The molecule has 0 bridgehead atoms. The molecule has 0 aliphatic rings. The lowest BCUT2D eigenvalue weighted by Gasteiger charge is -2.13. The van der Waals surface area contributed by atoms with E-state index in [-0.39, 0.29) is 6.61 Å². The van der Waals surface area contributed by atoms with Gasteiger partial charge in [-0.15, -0.1) is 11.3 Å². The minimum absolute atomic E-state index is 0.0937. The summed E-state index contributed by atoms with van der Waals surface area (Å²) in [5, 5.41) is 16.3. The molecule has 0 radical (unpaired) electrons. The van der Waals surface area contributed by atoms with Gasteiger partial charge in [-0.1, -0.05) is 12.1 Å². The number of nitrogens with zero attached hydrogens (tertiary/aromatic N) is 3.